The second-order valence-corrected chi connectivity index (χ2v) is 14.4. The average molecular weight is 663 g/mol. The molecule has 8 nitrogen and oxygen atoms in total. The Morgan fingerprint density at radius 2 is 1.77 bits per heavy atom. The highest BCUT2D eigenvalue weighted by Crippen LogP contribution is 2.32. The predicted octanol–water partition coefficient (Wildman–Crippen LogP) is 6.98. The van der Waals surface area contributed by atoms with E-state index in [1.165, 1.54) is 6.42 Å². The Bertz CT molecular complexity index is 1320. The van der Waals surface area contributed by atoms with E-state index in [4.69, 9.17) is 27.9 Å². The number of amides is 3. The quantitative estimate of drug-likeness (QED) is 0.158. The Kier molecular flexibility index (Phi) is 12.4. The third-order valence-corrected chi connectivity index (χ3v) is 9.69. The first-order chi connectivity index (χ1) is 21.0. The lowest BCUT2D eigenvalue weighted by molar-refractivity contribution is -0.126. The zero-order chi connectivity index (χ0) is 31.7. The molecule has 0 radical (unpaired) electrons. The van der Waals surface area contributed by atoms with Crippen LogP contribution in [-0.2, 0) is 25.5 Å². The minimum Gasteiger partial charge on any atom is -0.440 e. The van der Waals surface area contributed by atoms with Crippen LogP contribution in [0.5, 0.6) is 0 Å². The molecule has 11 heteroatoms. The van der Waals surface area contributed by atoms with Gasteiger partial charge in [-0.1, -0.05) is 79.6 Å². The molecule has 1 heterocycles. The van der Waals surface area contributed by atoms with Crippen LogP contribution in [-0.4, -0.2) is 41.0 Å². The summed E-state index contributed by atoms with van der Waals surface area (Å²) in [6.07, 6.45) is 6.49. The molecule has 4 rings (SSSR count). The zero-order valence-corrected chi connectivity index (χ0v) is 27.5. The van der Waals surface area contributed by atoms with Gasteiger partial charge in [0.1, 0.15) is 17.6 Å². The van der Waals surface area contributed by atoms with E-state index in [1.807, 2.05) is 38.1 Å². The molecule has 2 fully saturated rings. The highest BCUT2D eigenvalue weighted by atomic mass is 35.5. The number of carbonyl (C=O) groups is 4. The van der Waals surface area contributed by atoms with Gasteiger partial charge < -0.3 is 20.2 Å². The average Bonchev–Trinajstić information content (AvgIpc) is 3.25. The maximum atomic E-state index is 13.5. The van der Waals surface area contributed by atoms with E-state index >= 15 is 0 Å². The Labute approximate surface area is 273 Å². The summed E-state index contributed by atoms with van der Waals surface area (Å²) < 4.78 is 8.60. The predicted molar refractivity (Wildman–Crippen MR) is 174 cm³/mol. The lowest BCUT2D eigenvalue weighted by atomic mass is 9.86. The van der Waals surface area contributed by atoms with Crippen LogP contribution in [0.1, 0.15) is 82.4 Å². The zero-order valence-electron chi connectivity index (χ0n) is 25.2. The van der Waals surface area contributed by atoms with Gasteiger partial charge in [0.2, 0.25) is 11.8 Å². The molecule has 3 unspecified atom stereocenters. The number of halogens is 2. The van der Waals surface area contributed by atoms with Crippen LogP contribution in [0.25, 0.3) is 0 Å². The van der Waals surface area contributed by atoms with Crippen molar-refractivity contribution in [2.45, 2.75) is 94.6 Å². The largest absolute Gasteiger partial charge is 0.440 e. The van der Waals surface area contributed by atoms with E-state index in [2.05, 4.69) is 15.4 Å². The molecule has 2 aromatic rings. The minimum atomic E-state index is -0.807. The molecular weight excluding hydrogens is 621 g/mol. The molecule has 1 saturated carbocycles. The number of aldehydes is 1. The van der Waals surface area contributed by atoms with Crippen LogP contribution in [0.2, 0.25) is 10.0 Å². The van der Waals surface area contributed by atoms with Crippen molar-refractivity contribution in [3.63, 3.8) is 0 Å². The summed E-state index contributed by atoms with van der Waals surface area (Å²) in [5.74, 6) is -0.481. The van der Waals surface area contributed by atoms with Gasteiger partial charge in [-0.25, -0.2) is 4.79 Å². The smallest absolute Gasteiger partial charge is 0.417 e. The van der Waals surface area contributed by atoms with Crippen molar-refractivity contribution in [1.82, 2.24) is 15.4 Å². The molecule has 238 valence electrons. The van der Waals surface area contributed by atoms with Crippen LogP contribution < -0.4 is 15.4 Å². The fraction of sp³-hybridized carbons (Fsp3) is 0.515. The van der Waals surface area contributed by atoms with Gasteiger partial charge in [0.05, 0.1) is 6.04 Å². The monoisotopic (exact) mass is 661 g/mol. The van der Waals surface area contributed by atoms with Crippen molar-refractivity contribution < 1.29 is 23.9 Å². The number of rotatable bonds is 13. The molecule has 3 amide bonds. The fourth-order valence-electron chi connectivity index (χ4n) is 6.14. The maximum absolute atomic E-state index is 13.5. The topological polar surface area (TPSA) is 114 Å². The lowest BCUT2D eigenvalue weighted by Gasteiger charge is -2.27. The Morgan fingerprint density at radius 1 is 1.07 bits per heavy atom. The van der Waals surface area contributed by atoms with Crippen molar-refractivity contribution in [2.24, 2.45) is 11.8 Å². The maximum Gasteiger partial charge on any atom is 0.417 e. The van der Waals surface area contributed by atoms with Crippen LogP contribution in [0.15, 0.2) is 48.5 Å². The van der Waals surface area contributed by atoms with Gasteiger partial charge in [-0.2, -0.15) is 0 Å². The number of hydrogen-bond donors (Lipinski definition) is 3. The highest BCUT2D eigenvalue weighted by Gasteiger charge is 2.39. The van der Waals surface area contributed by atoms with Gasteiger partial charge in [0, 0.05) is 27.9 Å². The van der Waals surface area contributed by atoms with Gasteiger partial charge >= 0.3 is 6.09 Å². The van der Waals surface area contributed by atoms with Crippen molar-refractivity contribution in [2.75, 3.05) is 0 Å². The summed E-state index contributed by atoms with van der Waals surface area (Å²) in [5.41, 5.74) is 1.26. The molecule has 1 saturated heterocycles. The molecule has 1 aliphatic carbocycles. The van der Waals surface area contributed by atoms with Crippen LogP contribution in [0, 0.1) is 11.8 Å². The molecule has 0 aromatic heterocycles. The van der Waals surface area contributed by atoms with Crippen molar-refractivity contribution in [3.8, 4) is 0 Å². The summed E-state index contributed by atoms with van der Waals surface area (Å²) in [6, 6.07) is 13.7. The summed E-state index contributed by atoms with van der Waals surface area (Å²) in [4.78, 5) is 51.1. The molecule has 1 aliphatic heterocycles. The summed E-state index contributed by atoms with van der Waals surface area (Å²) in [6.45, 7) is 3.87. The molecule has 4 atom stereocenters. The molecule has 0 bridgehead atoms. The molecule has 44 heavy (non-hydrogen) atoms. The first kappa shape index (κ1) is 34.1. The second kappa shape index (κ2) is 16.0. The Hall–Kier alpha value is -2.75. The molecular formula is C33H41Cl2N3O5S. The van der Waals surface area contributed by atoms with E-state index in [1.54, 1.807) is 24.3 Å². The van der Waals surface area contributed by atoms with E-state index in [0.717, 1.165) is 48.8 Å². The van der Waals surface area contributed by atoms with E-state index in [-0.39, 0.29) is 29.7 Å². The number of hydrogen-bond acceptors (Lipinski definition) is 6. The highest BCUT2D eigenvalue weighted by molar-refractivity contribution is 7.99. The van der Waals surface area contributed by atoms with Gasteiger partial charge in [0.25, 0.3) is 0 Å². The summed E-state index contributed by atoms with van der Waals surface area (Å²) in [7, 11) is 0. The standard InChI is InChI=1S/C33H41Cl2N3O5S/c1-33(2)19-24(30(40)37-33)18-27(20-39)36-31(41)29(16-21-8-4-3-5-9-21)44-38-32(42)43-28(23-11-7-13-26(35)17-23)15-22-10-6-12-25(34)14-22/h6-7,10-14,17,20-21,24,27-29H,3-5,8-9,15-16,18-19H2,1-2H3,(H,36,41)(H,37,40)(H,38,42)/t24?,27?,28?,29-/m0/s1. The minimum absolute atomic E-state index is 0.110. The van der Waals surface area contributed by atoms with Gasteiger partial charge in [-0.05, 0) is 86.4 Å². The van der Waals surface area contributed by atoms with Crippen LogP contribution in [0.3, 0.4) is 0 Å². The third-order valence-electron chi connectivity index (χ3n) is 8.25. The Balaban J connectivity index is 1.42. The summed E-state index contributed by atoms with van der Waals surface area (Å²) >= 11 is 13.4. The van der Waals surface area contributed by atoms with E-state index in [0.29, 0.717) is 41.5 Å². The first-order valence-electron chi connectivity index (χ1n) is 15.2. The number of carbonyl (C=O) groups excluding carboxylic acids is 4. The fourth-order valence-corrected chi connectivity index (χ4v) is 7.38. The summed E-state index contributed by atoms with van der Waals surface area (Å²) in [5, 5.41) is 6.23. The molecule has 0 spiro atoms. The van der Waals surface area contributed by atoms with Crippen molar-refractivity contribution >= 4 is 59.3 Å². The number of ether oxygens (including phenoxy) is 1. The van der Waals surface area contributed by atoms with E-state index < -0.39 is 23.5 Å². The van der Waals surface area contributed by atoms with Crippen molar-refractivity contribution in [1.29, 1.82) is 0 Å². The number of nitrogens with one attached hydrogen (secondary N) is 3. The number of benzene rings is 2. The normalized spacial score (nSPS) is 20.2. The van der Waals surface area contributed by atoms with Crippen LogP contribution in [0.4, 0.5) is 4.79 Å². The third kappa shape index (κ3) is 10.4. The lowest BCUT2D eigenvalue weighted by Crippen LogP contribution is -2.44. The van der Waals surface area contributed by atoms with Crippen molar-refractivity contribution in [3.05, 3.63) is 69.7 Å². The van der Waals surface area contributed by atoms with Crippen LogP contribution >= 0.6 is 35.1 Å². The van der Waals surface area contributed by atoms with Gasteiger partial charge in [-0.15, -0.1) is 0 Å². The van der Waals surface area contributed by atoms with Gasteiger partial charge in [-0.3, -0.25) is 14.3 Å². The van der Waals surface area contributed by atoms with E-state index in [9.17, 15) is 19.2 Å². The first-order valence-corrected chi connectivity index (χ1v) is 16.8. The molecule has 2 aliphatic rings. The SMILES string of the molecule is CC1(C)CC(CC(C=O)NC(=O)[C@H](CC2CCCCC2)SNC(=O)OC(Cc2cccc(Cl)c2)c2cccc(Cl)c2)C(=O)N1. The molecule has 2 aromatic carbocycles. The second-order valence-electron chi connectivity index (χ2n) is 12.5. The van der Waals surface area contributed by atoms with Gasteiger partial charge in [0.15, 0.2) is 0 Å². The Morgan fingerprint density at radius 3 is 2.41 bits per heavy atom. The molecule has 3 N–H and O–H groups in total.